The molecule has 1 N–H and O–H groups in total. The molecule has 0 saturated heterocycles. The van der Waals surface area contributed by atoms with Gasteiger partial charge in [0, 0.05) is 34.4 Å². The van der Waals surface area contributed by atoms with E-state index in [0.29, 0.717) is 17.3 Å². The Labute approximate surface area is 167 Å². The van der Waals surface area contributed by atoms with Gasteiger partial charge in [-0.1, -0.05) is 41.9 Å². The van der Waals surface area contributed by atoms with Crippen LogP contribution in [-0.2, 0) is 17.8 Å². The number of hydrogen-bond donors (Lipinski definition) is 1. The van der Waals surface area contributed by atoms with Crippen molar-refractivity contribution in [2.75, 3.05) is 5.32 Å². The third kappa shape index (κ3) is 4.07. The molecule has 0 saturated carbocycles. The van der Waals surface area contributed by atoms with Gasteiger partial charge in [0.2, 0.25) is 5.91 Å². The molecule has 4 aromatic rings. The van der Waals surface area contributed by atoms with Crippen LogP contribution in [0.3, 0.4) is 0 Å². The van der Waals surface area contributed by atoms with Gasteiger partial charge in [-0.2, -0.15) is 0 Å². The van der Waals surface area contributed by atoms with E-state index in [4.69, 9.17) is 11.6 Å². The predicted molar refractivity (Wildman–Crippen MR) is 111 cm³/mol. The average Bonchev–Trinajstić information content (AvgIpc) is 3.01. The summed E-state index contributed by atoms with van der Waals surface area (Å²) >= 11 is 6.10. The molecule has 0 radical (unpaired) electrons. The van der Waals surface area contributed by atoms with Gasteiger partial charge in [-0.3, -0.25) is 4.79 Å². The van der Waals surface area contributed by atoms with Gasteiger partial charge >= 0.3 is 0 Å². The highest BCUT2D eigenvalue weighted by Gasteiger charge is 2.12. The maximum Gasteiger partial charge on any atom is 0.228 e. The lowest BCUT2D eigenvalue weighted by Gasteiger charge is -2.06. The number of para-hydroxylation sites is 1. The number of nitrogens with zero attached hydrogens (tertiary/aromatic N) is 1. The molecule has 0 atom stereocenters. The first-order valence-corrected chi connectivity index (χ1v) is 9.33. The molecule has 0 aliphatic heterocycles. The van der Waals surface area contributed by atoms with E-state index in [1.165, 1.54) is 12.1 Å². The van der Waals surface area contributed by atoms with Gasteiger partial charge in [0.25, 0.3) is 0 Å². The molecule has 5 heteroatoms. The second kappa shape index (κ2) is 7.87. The van der Waals surface area contributed by atoms with Crippen LogP contribution < -0.4 is 5.32 Å². The van der Waals surface area contributed by atoms with Gasteiger partial charge in [-0.15, -0.1) is 0 Å². The van der Waals surface area contributed by atoms with E-state index < -0.39 is 0 Å². The first kappa shape index (κ1) is 18.3. The molecule has 0 bridgehead atoms. The van der Waals surface area contributed by atoms with Crippen molar-refractivity contribution in [1.82, 2.24) is 4.57 Å². The molecule has 140 valence electrons. The lowest BCUT2D eigenvalue weighted by Crippen LogP contribution is -2.14. The minimum Gasteiger partial charge on any atom is -0.343 e. The summed E-state index contributed by atoms with van der Waals surface area (Å²) in [6, 6.07) is 21.5. The molecule has 1 amide bonds. The Morgan fingerprint density at radius 1 is 1.00 bits per heavy atom. The number of anilines is 1. The van der Waals surface area contributed by atoms with Crippen molar-refractivity contribution in [3.63, 3.8) is 0 Å². The van der Waals surface area contributed by atoms with Crippen LogP contribution in [0.5, 0.6) is 0 Å². The fourth-order valence-electron chi connectivity index (χ4n) is 3.34. The van der Waals surface area contributed by atoms with Gasteiger partial charge in [0.15, 0.2) is 0 Å². The highest BCUT2D eigenvalue weighted by molar-refractivity contribution is 6.30. The number of carbonyl (C=O) groups is 1. The second-order valence-corrected chi connectivity index (χ2v) is 7.10. The average molecular weight is 393 g/mol. The van der Waals surface area contributed by atoms with Crippen molar-refractivity contribution in [2.45, 2.75) is 13.0 Å². The minimum absolute atomic E-state index is 0.141. The lowest BCUT2D eigenvalue weighted by atomic mass is 10.1. The van der Waals surface area contributed by atoms with Gasteiger partial charge in [0.1, 0.15) is 5.82 Å². The molecule has 28 heavy (non-hydrogen) atoms. The molecule has 0 aliphatic rings. The van der Waals surface area contributed by atoms with Gasteiger partial charge in [-0.25, -0.2) is 4.39 Å². The second-order valence-electron chi connectivity index (χ2n) is 6.66. The smallest absolute Gasteiger partial charge is 0.228 e. The van der Waals surface area contributed by atoms with E-state index in [0.717, 1.165) is 22.0 Å². The van der Waals surface area contributed by atoms with Crippen LogP contribution in [0.1, 0.15) is 11.1 Å². The van der Waals surface area contributed by atoms with E-state index >= 15 is 0 Å². The van der Waals surface area contributed by atoms with Gasteiger partial charge < -0.3 is 9.88 Å². The highest BCUT2D eigenvalue weighted by atomic mass is 35.5. The Hall–Kier alpha value is -3.11. The zero-order chi connectivity index (χ0) is 19.5. The Balaban J connectivity index is 1.58. The van der Waals surface area contributed by atoms with E-state index in [-0.39, 0.29) is 18.1 Å². The van der Waals surface area contributed by atoms with Crippen LogP contribution in [-0.4, -0.2) is 10.5 Å². The monoisotopic (exact) mass is 392 g/mol. The Morgan fingerprint density at radius 3 is 2.57 bits per heavy atom. The fourth-order valence-corrected chi connectivity index (χ4v) is 3.55. The standard InChI is InChI=1S/C23H18ClFN2O/c24-18-5-3-4-16(12-18)14-27-15-17(21-6-1-2-7-22(21)27)13-23(28)26-20-10-8-19(25)9-11-20/h1-12,15H,13-14H2,(H,26,28). The minimum atomic E-state index is -0.331. The SMILES string of the molecule is O=C(Cc1cn(Cc2cccc(Cl)c2)c2ccccc12)Nc1ccc(F)cc1. The topological polar surface area (TPSA) is 34.0 Å². The number of nitrogens with one attached hydrogen (secondary N) is 1. The van der Waals surface area contributed by atoms with Crippen molar-refractivity contribution in [1.29, 1.82) is 0 Å². The maximum absolute atomic E-state index is 13.0. The number of carbonyl (C=O) groups excluding carboxylic acids is 1. The van der Waals surface area contributed by atoms with Crippen molar-refractivity contribution >= 4 is 34.1 Å². The van der Waals surface area contributed by atoms with Crippen LogP contribution in [0.2, 0.25) is 5.02 Å². The zero-order valence-electron chi connectivity index (χ0n) is 15.0. The number of fused-ring (bicyclic) bond motifs is 1. The summed E-state index contributed by atoms with van der Waals surface area (Å²) in [5.41, 5.74) is 3.67. The Bertz CT molecular complexity index is 1140. The normalized spacial score (nSPS) is 10.9. The van der Waals surface area contributed by atoms with Crippen molar-refractivity contribution in [3.05, 3.63) is 101 Å². The third-order valence-corrected chi connectivity index (χ3v) is 4.83. The van der Waals surface area contributed by atoms with E-state index in [2.05, 4.69) is 9.88 Å². The third-order valence-electron chi connectivity index (χ3n) is 4.59. The van der Waals surface area contributed by atoms with Crippen molar-refractivity contribution in [3.8, 4) is 0 Å². The molecule has 3 aromatic carbocycles. The Morgan fingerprint density at radius 2 is 1.79 bits per heavy atom. The largest absolute Gasteiger partial charge is 0.343 e. The predicted octanol–water partition coefficient (Wildman–Crippen LogP) is 5.66. The summed E-state index contributed by atoms with van der Waals surface area (Å²) in [5.74, 6) is -0.473. The van der Waals surface area contributed by atoms with Crippen LogP contribution in [0.15, 0.2) is 79.0 Å². The molecule has 0 spiro atoms. The molecule has 0 fully saturated rings. The van der Waals surface area contributed by atoms with Gasteiger partial charge in [-0.05, 0) is 53.6 Å². The molecule has 4 rings (SSSR count). The first-order chi connectivity index (χ1) is 13.6. The van der Waals surface area contributed by atoms with Crippen LogP contribution in [0, 0.1) is 5.82 Å². The molecule has 0 aliphatic carbocycles. The van der Waals surface area contributed by atoms with Crippen molar-refractivity contribution < 1.29 is 9.18 Å². The number of benzene rings is 3. The summed E-state index contributed by atoms with van der Waals surface area (Å²) in [6.07, 6.45) is 2.25. The first-order valence-electron chi connectivity index (χ1n) is 8.95. The molecule has 0 unspecified atom stereocenters. The van der Waals surface area contributed by atoms with Crippen LogP contribution in [0.4, 0.5) is 10.1 Å². The number of amides is 1. The van der Waals surface area contributed by atoms with Crippen LogP contribution in [0.25, 0.3) is 10.9 Å². The van der Waals surface area contributed by atoms with E-state index in [1.807, 2.05) is 54.7 Å². The quantitative estimate of drug-likeness (QED) is 0.467. The number of rotatable bonds is 5. The number of halogens is 2. The summed E-state index contributed by atoms with van der Waals surface area (Å²) in [7, 11) is 0. The maximum atomic E-state index is 13.0. The number of hydrogen-bond acceptors (Lipinski definition) is 1. The summed E-state index contributed by atoms with van der Waals surface area (Å²) in [6.45, 7) is 0.667. The summed E-state index contributed by atoms with van der Waals surface area (Å²) < 4.78 is 15.2. The fraction of sp³-hybridized carbons (Fsp3) is 0.0870. The van der Waals surface area contributed by atoms with Crippen molar-refractivity contribution in [2.24, 2.45) is 0 Å². The molecule has 3 nitrogen and oxygen atoms in total. The van der Waals surface area contributed by atoms with E-state index in [9.17, 15) is 9.18 Å². The molecule has 1 aromatic heterocycles. The Kier molecular flexibility index (Phi) is 5.13. The molecular formula is C23H18ClFN2O. The summed E-state index contributed by atoms with van der Waals surface area (Å²) in [5, 5.41) is 4.56. The van der Waals surface area contributed by atoms with E-state index in [1.54, 1.807) is 12.1 Å². The number of aromatic nitrogens is 1. The zero-order valence-corrected chi connectivity index (χ0v) is 15.8. The lowest BCUT2D eigenvalue weighted by molar-refractivity contribution is -0.115. The van der Waals surface area contributed by atoms with Gasteiger partial charge in [0.05, 0.1) is 6.42 Å². The summed E-state index contributed by atoms with van der Waals surface area (Å²) in [4.78, 5) is 12.5. The highest BCUT2D eigenvalue weighted by Crippen LogP contribution is 2.24. The molecular weight excluding hydrogens is 375 g/mol. The molecule has 1 heterocycles. The van der Waals surface area contributed by atoms with Crippen LogP contribution >= 0.6 is 11.6 Å².